The number of rotatable bonds is 7. The minimum absolute atomic E-state index is 0. The van der Waals surface area contributed by atoms with E-state index in [0.29, 0.717) is 5.75 Å². The monoisotopic (exact) mass is 421 g/mol. The van der Waals surface area contributed by atoms with E-state index in [1.54, 1.807) is 0 Å². The molecule has 0 saturated carbocycles. The Kier molecular flexibility index (Phi) is 13.8. The first-order chi connectivity index (χ1) is 11.0. The molecule has 1 aromatic carbocycles. The molecule has 1 aromatic heterocycles. The van der Waals surface area contributed by atoms with Crippen LogP contribution in [0.2, 0.25) is 0 Å². The van der Waals surface area contributed by atoms with Crippen molar-refractivity contribution >= 4 is 0 Å². The molecule has 4 nitrogen and oxygen atoms in total. The van der Waals surface area contributed by atoms with E-state index in [4.69, 9.17) is 0 Å². The molecule has 4 N–H and O–H groups in total. The zero-order valence-corrected chi connectivity index (χ0v) is 18.1. The summed E-state index contributed by atoms with van der Waals surface area (Å²) in [7, 11) is 8.50. The summed E-state index contributed by atoms with van der Waals surface area (Å²) >= 11 is 0. The molecule has 0 aliphatic rings. The minimum atomic E-state index is 0. The van der Waals surface area contributed by atoms with E-state index in [0.717, 1.165) is 37.2 Å². The van der Waals surface area contributed by atoms with E-state index in [9.17, 15) is 5.11 Å². The van der Waals surface area contributed by atoms with Crippen LogP contribution in [0.4, 0.5) is 0 Å². The number of benzene rings is 1. The maximum atomic E-state index is 10.6. The Morgan fingerprint density at radius 3 is 1.96 bits per heavy atom. The number of nitrogens with one attached hydrogen (secondary N) is 3. The molecule has 0 saturated heterocycles. The SMILES string of the molecule is C[NH+](C)Cc1cc(C[NH+](C)C)c(O)c(CCc2ccccc2)[nH+]1.[Cl-].[Cl-].[Cl-]. The van der Waals surface area contributed by atoms with Crippen molar-refractivity contribution in [3.05, 3.63) is 58.9 Å². The molecule has 0 fully saturated rings. The molecular formula is C19H30Cl3N3O. The molecular weight excluding hydrogens is 393 g/mol. The topological polar surface area (TPSA) is 43.2 Å². The summed E-state index contributed by atoms with van der Waals surface area (Å²) in [5.41, 5.74) is 4.46. The Morgan fingerprint density at radius 2 is 1.42 bits per heavy atom. The van der Waals surface area contributed by atoms with Gasteiger partial charge in [0.15, 0.2) is 12.3 Å². The number of aromatic nitrogens is 1. The van der Waals surface area contributed by atoms with Crippen molar-refractivity contribution in [2.45, 2.75) is 25.9 Å². The molecule has 0 aliphatic heterocycles. The average molecular weight is 423 g/mol. The summed E-state index contributed by atoms with van der Waals surface area (Å²) in [4.78, 5) is 6.12. The smallest absolute Gasteiger partial charge is 0.235 e. The van der Waals surface area contributed by atoms with Crippen LogP contribution in [-0.2, 0) is 25.9 Å². The zero-order chi connectivity index (χ0) is 16.8. The van der Waals surface area contributed by atoms with Crippen LogP contribution < -0.4 is 52.0 Å². The van der Waals surface area contributed by atoms with Crippen molar-refractivity contribution in [2.75, 3.05) is 28.2 Å². The molecule has 0 radical (unpaired) electrons. The summed E-state index contributed by atoms with van der Waals surface area (Å²) in [5, 5.41) is 10.6. The molecule has 148 valence electrons. The molecule has 2 rings (SSSR count). The summed E-state index contributed by atoms with van der Waals surface area (Å²) in [6.07, 6.45) is 1.75. The lowest BCUT2D eigenvalue weighted by Crippen LogP contribution is -3.04. The van der Waals surface area contributed by atoms with E-state index >= 15 is 0 Å². The van der Waals surface area contributed by atoms with E-state index in [-0.39, 0.29) is 37.2 Å². The van der Waals surface area contributed by atoms with Crippen LogP contribution in [-0.4, -0.2) is 33.3 Å². The lowest BCUT2D eigenvalue weighted by Gasteiger charge is -2.11. The molecule has 0 amide bonds. The van der Waals surface area contributed by atoms with Crippen molar-refractivity contribution in [3.63, 3.8) is 0 Å². The van der Waals surface area contributed by atoms with Crippen molar-refractivity contribution in [1.82, 2.24) is 0 Å². The Morgan fingerprint density at radius 1 is 0.846 bits per heavy atom. The maximum Gasteiger partial charge on any atom is 0.235 e. The number of hydrogen-bond acceptors (Lipinski definition) is 1. The lowest BCUT2D eigenvalue weighted by molar-refractivity contribution is -0.877. The third kappa shape index (κ3) is 8.56. The first-order valence-electron chi connectivity index (χ1n) is 8.33. The van der Waals surface area contributed by atoms with E-state index in [1.807, 2.05) is 6.07 Å². The van der Waals surface area contributed by atoms with Gasteiger partial charge in [0.25, 0.3) is 0 Å². The van der Waals surface area contributed by atoms with Gasteiger partial charge < -0.3 is 52.1 Å². The lowest BCUT2D eigenvalue weighted by atomic mass is 10.0. The molecule has 1 heterocycles. The van der Waals surface area contributed by atoms with Crippen molar-refractivity contribution < 1.29 is 57.1 Å². The molecule has 0 atom stereocenters. The van der Waals surface area contributed by atoms with Crippen LogP contribution in [0.3, 0.4) is 0 Å². The number of pyridine rings is 1. The Labute approximate surface area is 175 Å². The molecule has 0 aliphatic carbocycles. The van der Waals surface area contributed by atoms with Crippen LogP contribution in [0.15, 0.2) is 36.4 Å². The fourth-order valence-corrected chi connectivity index (χ4v) is 2.85. The Bertz CT molecular complexity index is 637. The highest BCUT2D eigenvalue weighted by Crippen LogP contribution is 2.20. The van der Waals surface area contributed by atoms with E-state index < -0.39 is 0 Å². The van der Waals surface area contributed by atoms with Crippen LogP contribution in [0.1, 0.15) is 22.5 Å². The summed E-state index contributed by atoms with van der Waals surface area (Å²) in [5.74, 6) is 0.430. The predicted molar refractivity (Wildman–Crippen MR) is 91.5 cm³/mol. The maximum absolute atomic E-state index is 10.6. The van der Waals surface area contributed by atoms with Gasteiger partial charge in [-0.2, -0.15) is 0 Å². The van der Waals surface area contributed by atoms with Crippen LogP contribution in [0.5, 0.6) is 5.75 Å². The van der Waals surface area contributed by atoms with Crippen LogP contribution in [0, 0.1) is 0 Å². The largest absolute Gasteiger partial charge is 1.00 e. The van der Waals surface area contributed by atoms with Gasteiger partial charge in [0.05, 0.1) is 33.8 Å². The quantitative estimate of drug-likeness (QED) is 0.408. The Balaban J connectivity index is 0. The van der Waals surface area contributed by atoms with Crippen molar-refractivity contribution in [3.8, 4) is 5.75 Å². The van der Waals surface area contributed by atoms with Gasteiger partial charge in [-0.15, -0.1) is 0 Å². The Hall–Kier alpha value is -1.04. The molecule has 0 bridgehead atoms. The highest BCUT2D eigenvalue weighted by molar-refractivity contribution is 5.34. The number of hydrogen-bond donors (Lipinski definition) is 3. The van der Waals surface area contributed by atoms with Gasteiger partial charge in [0, 0.05) is 12.5 Å². The van der Waals surface area contributed by atoms with Gasteiger partial charge in [-0.3, -0.25) is 0 Å². The van der Waals surface area contributed by atoms with Crippen LogP contribution >= 0.6 is 0 Å². The highest BCUT2D eigenvalue weighted by atomic mass is 35.5. The second kappa shape index (κ2) is 13.2. The van der Waals surface area contributed by atoms with Gasteiger partial charge in [0.2, 0.25) is 11.4 Å². The number of aromatic amines is 1. The molecule has 0 unspecified atom stereocenters. The summed E-state index contributed by atoms with van der Waals surface area (Å²) in [6, 6.07) is 12.5. The van der Waals surface area contributed by atoms with Crippen molar-refractivity contribution in [1.29, 1.82) is 0 Å². The summed E-state index contributed by atoms with van der Waals surface area (Å²) in [6.45, 7) is 1.75. The number of H-pyrrole nitrogens is 1. The number of quaternary nitrogens is 2. The van der Waals surface area contributed by atoms with Gasteiger partial charge in [0.1, 0.15) is 6.54 Å². The second-order valence-electron chi connectivity index (χ2n) is 6.90. The minimum Gasteiger partial charge on any atom is -1.00 e. The first-order valence-corrected chi connectivity index (χ1v) is 8.33. The number of aryl methyl sites for hydroxylation is 2. The van der Waals surface area contributed by atoms with Crippen molar-refractivity contribution in [2.24, 2.45) is 0 Å². The van der Waals surface area contributed by atoms with Gasteiger partial charge >= 0.3 is 0 Å². The molecule has 2 aromatic rings. The molecule has 26 heavy (non-hydrogen) atoms. The zero-order valence-electron chi connectivity index (χ0n) is 15.9. The van der Waals surface area contributed by atoms with Gasteiger partial charge in [-0.25, -0.2) is 4.98 Å². The normalized spacial score (nSPS) is 10.1. The summed E-state index contributed by atoms with van der Waals surface area (Å²) < 4.78 is 0. The first kappa shape index (κ1) is 27.2. The third-order valence-corrected chi connectivity index (χ3v) is 3.84. The van der Waals surface area contributed by atoms with Crippen LogP contribution in [0.25, 0.3) is 0 Å². The number of aromatic hydroxyl groups is 1. The molecule has 0 spiro atoms. The highest BCUT2D eigenvalue weighted by Gasteiger charge is 2.20. The fraction of sp³-hybridized carbons (Fsp3) is 0.421. The van der Waals surface area contributed by atoms with E-state index in [2.05, 4.69) is 63.5 Å². The number of halogens is 3. The second-order valence-corrected chi connectivity index (χ2v) is 6.90. The standard InChI is InChI=1S/C19H27N3O.3ClH/c1-21(2)13-16-12-17(14-22(3)4)20-18(19(16)23)11-10-15-8-6-5-7-9-15;;;/h5-9,12,23H,10-11,13-14H2,1-4H3;3*1H. The average Bonchev–Trinajstić information content (AvgIpc) is 2.49. The van der Waals surface area contributed by atoms with E-state index in [1.165, 1.54) is 21.1 Å². The van der Waals surface area contributed by atoms with Gasteiger partial charge in [-0.05, 0) is 12.0 Å². The predicted octanol–water partition coefficient (Wildman–Crippen LogP) is -9.71. The van der Waals surface area contributed by atoms with Gasteiger partial charge in [-0.1, -0.05) is 30.3 Å². The fourth-order valence-electron chi connectivity index (χ4n) is 2.85. The molecule has 7 heteroatoms. The third-order valence-electron chi connectivity index (χ3n) is 3.84.